The summed E-state index contributed by atoms with van der Waals surface area (Å²) < 4.78 is 1.72. The zero-order valence-electron chi connectivity index (χ0n) is 10.6. The lowest BCUT2D eigenvalue weighted by atomic mass is 10.2. The van der Waals surface area contributed by atoms with Gasteiger partial charge in [-0.2, -0.15) is 5.10 Å². The van der Waals surface area contributed by atoms with Crippen molar-refractivity contribution in [2.45, 2.75) is 20.4 Å². The summed E-state index contributed by atoms with van der Waals surface area (Å²) in [5.41, 5.74) is 1.84. The second-order valence-electron chi connectivity index (χ2n) is 4.07. The van der Waals surface area contributed by atoms with Gasteiger partial charge in [0.05, 0.1) is 21.3 Å². The molecule has 2 aromatic rings. The van der Waals surface area contributed by atoms with Gasteiger partial charge in [-0.05, 0) is 32.0 Å². The molecule has 100 valence electrons. The van der Waals surface area contributed by atoms with Gasteiger partial charge in [0.2, 0.25) is 0 Å². The third-order valence-corrected chi connectivity index (χ3v) is 3.43. The molecule has 4 nitrogen and oxygen atoms in total. The summed E-state index contributed by atoms with van der Waals surface area (Å²) in [5.74, 6) is -0.212. The lowest BCUT2D eigenvalue weighted by molar-refractivity contribution is 0.102. The maximum Gasteiger partial charge on any atom is 0.259 e. The van der Waals surface area contributed by atoms with Crippen molar-refractivity contribution in [2.75, 3.05) is 5.32 Å². The minimum Gasteiger partial charge on any atom is -0.322 e. The fourth-order valence-electron chi connectivity index (χ4n) is 1.68. The van der Waals surface area contributed by atoms with E-state index < -0.39 is 0 Å². The van der Waals surface area contributed by atoms with Gasteiger partial charge < -0.3 is 5.32 Å². The molecule has 1 heterocycles. The van der Waals surface area contributed by atoms with Crippen molar-refractivity contribution < 1.29 is 4.79 Å². The molecule has 6 heteroatoms. The summed E-state index contributed by atoms with van der Waals surface area (Å²) in [6.45, 7) is 4.49. The number of carbonyl (C=O) groups excluding carboxylic acids is 1. The molecule has 0 radical (unpaired) electrons. The van der Waals surface area contributed by atoms with Gasteiger partial charge in [-0.25, -0.2) is 0 Å². The van der Waals surface area contributed by atoms with Crippen LogP contribution in [0.3, 0.4) is 0 Å². The van der Waals surface area contributed by atoms with Crippen LogP contribution in [0.4, 0.5) is 5.69 Å². The number of carbonyl (C=O) groups is 1. The van der Waals surface area contributed by atoms with Crippen molar-refractivity contribution in [2.24, 2.45) is 0 Å². The molecule has 0 aliphatic rings. The Morgan fingerprint density at radius 1 is 1.37 bits per heavy atom. The lowest BCUT2D eigenvalue weighted by Crippen LogP contribution is -2.12. The zero-order chi connectivity index (χ0) is 14.0. The second-order valence-corrected chi connectivity index (χ2v) is 4.88. The van der Waals surface area contributed by atoms with E-state index in [9.17, 15) is 4.79 Å². The van der Waals surface area contributed by atoms with Gasteiger partial charge in [0.25, 0.3) is 5.91 Å². The number of hydrogen-bond donors (Lipinski definition) is 1. The van der Waals surface area contributed by atoms with Gasteiger partial charge in [-0.3, -0.25) is 9.48 Å². The minimum atomic E-state index is -0.212. The average Bonchev–Trinajstić information content (AvgIpc) is 2.75. The van der Waals surface area contributed by atoms with Gasteiger partial charge in [0.1, 0.15) is 0 Å². The molecule has 19 heavy (non-hydrogen) atoms. The van der Waals surface area contributed by atoms with Gasteiger partial charge >= 0.3 is 0 Å². The predicted molar refractivity (Wildman–Crippen MR) is 77.1 cm³/mol. The van der Waals surface area contributed by atoms with E-state index in [1.165, 1.54) is 0 Å². The van der Waals surface area contributed by atoms with Gasteiger partial charge in [-0.1, -0.05) is 23.2 Å². The predicted octanol–water partition coefficient (Wildman–Crippen LogP) is 3.77. The van der Waals surface area contributed by atoms with Crippen LogP contribution in [0.5, 0.6) is 0 Å². The molecule has 0 saturated heterocycles. The van der Waals surface area contributed by atoms with Crippen molar-refractivity contribution in [1.82, 2.24) is 9.78 Å². The van der Waals surface area contributed by atoms with Crippen LogP contribution >= 0.6 is 23.2 Å². The SMILES string of the molecule is CCn1cc(C(=O)Nc2ccc(Cl)c(Cl)c2)c(C)n1. The maximum atomic E-state index is 12.1. The molecule has 1 aromatic heterocycles. The Morgan fingerprint density at radius 2 is 2.11 bits per heavy atom. The molecule has 1 aromatic carbocycles. The standard InChI is InChI=1S/C13H13Cl2N3O/c1-3-18-7-10(8(2)17-18)13(19)16-9-4-5-11(14)12(15)6-9/h4-7H,3H2,1-2H3,(H,16,19). The number of nitrogens with zero attached hydrogens (tertiary/aromatic N) is 2. The Morgan fingerprint density at radius 3 is 2.68 bits per heavy atom. The van der Waals surface area contributed by atoms with E-state index in [0.29, 0.717) is 27.0 Å². The van der Waals surface area contributed by atoms with E-state index in [0.717, 1.165) is 6.54 Å². The summed E-state index contributed by atoms with van der Waals surface area (Å²) in [6, 6.07) is 4.95. The van der Waals surface area contributed by atoms with Crippen molar-refractivity contribution >= 4 is 34.8 Å². The molecule has 1 amide bonds. The molecule has 2 rings (SSSR count). The first kappa shape index (κ1) is 13.9. The summed E-state index contributed by atoms with van der Waals surface area (Å²) in [5, 5.41) is 7.86. The Kier molecular flexibility index (Phi) is 4.12. The van der Waals surface area contributed by atoms with Gasteiger partial charge in [0.15, 0.2) is 0 Å². The largest absolute Gasteiger partial charge is 0.322 e. The first-order valence-electron chi connectivity index (χ1n) is 5.81. The molecule has 0 spiro atoms. The quantitative estimate of drug-likeness (QED) is 0.937. The highest BCUT2D eigenvalue weighted by molar-refractivity contribution is 6.42. The monoisotopic (exact) mass is 297 g/mol. The number of rotatable bonds is 3. The highest BCUT2D eigenvalue weighted by Gasteiger charge is 2.13. The Bertz CT molecular complexity index is 622. The van der Waals surface area contributed by atoms with Crippen LogP contribution in [0, 0.1) is 6.92 Å². The number of anilines is 1. The lowest BCUT2D eigenvalue weighted by Gasteiger charge is -2.05. The van der Waals surface area contributed by atoms with Crippen molar-refractivity contribution in [3.63, 3.8) is 0 Å². The molecular weight excluding hydrogens is 285 g/mol. The first-order valence-corrected chi connectivity index (χ1v) is 6.57. The smallest absolute Gasteiger partial charge is 0.259 e. The topological polar surface area (TPSA) is 46.9 Å². The Hall–Kier alpha value is -1.52. The fourth-order valence-corrected chi connectivity index (χ4v) is 1.97. The molecule has 0 bridgehead atoms. The van der Waals surface area contributed by atoms with Gasteiger partial charge in [-0.15, -0.1) is 0 Å². The fraction of sp³-hybridized carbons (Fsp3) is 0.231. The summed E-state index contributed by atoms with van der Waals surface area (Å²) in [4.78, 5) is 12.1. The molecular formula is C13H13Cl2N3O. The molecule has 0 saturated carbocycles. The van der Waals surface area contributed by atoms with Crippen LogP contribution in [0.1, 0.15) is 23.0 Å². The van der Waals surface area contributed by atoms with E-state index in [1.807, 2.05) is 6.92 Å². The third-order valence-electron chi connectivity index (χ3n) is 2.69. The number of benzene rings is 1. The molecule has 1 N–H and O–H groups in total. The van der Waals surface area contributed by atoms with Crippen molar-refractivity contribution in [3.8, 4) is 0 Å². The van der Waals surface area contributed by atoms with Crippen LogP contribution in [-0.2, 0) is 6.54 Å². The van der Waals surface area contributed by atoms with Crippen LogP contribution in [0.2, 0.25) is 10.0 Å². The highest BCUT2D eigenvalue weighted by atomic mass is 35.5. The molecule has 0 aliphatic carbocycles. The summed E-state index contributed by atoms with van der Waals surface area (Å²) >= 11 is 11.7. The van der Waals surface area contributed by atoms with E-state index in [4.69, 9.17) is 23.2 Å². The summed E-state index contributed by atoms with van der Waals surface area (Å²) in [6.07, 6.45) is 1.72. The number of aryl methyl sites for hydroxylation is 2. The van der Waals surface area contributed by atoms with Crippen LogP contribution in [-0.4, -0.2) is 15.7 Å². The van der Waals surface area contributed by atoms with Crippen molar-refractivity contribution in [1.29, 1.82) is 0 Å². The van der Waals surface area contributed by atoms with E-state index in [-0.39, 0.29) is 5.91 Å². The Balaban J connectivity index is 2.20. The normalized spacial score (nSPS) is 10.5. The zero-order valence-corrected chi connectivity index (χ0v) is 12.1. The Labute approximate surface area is 121 Å². The molecule has 0 unspecified atom stereocenters. The number of nitrogens with one attached hydrogen (secondary N) is 1. The molecule has 0 fully saturated rings. The number of amides is 1. The highest BCUT2D eigenvalue weighted by Crippen LogP contribution is 2.25. The van der Waals surface area contributed by atoms with E-state index in [2.05, 4.69) is 10.4 Å². The summed E-state index contributed by atoms with van der Waals surface area (Å²) in [7, 11) is 0. The molecule has 0 aliphatic heterocycles. The maximum absolute atomic E-state index is 12.1. The van der Waals surface area contributed by atoms with E-state index in [1.54, 1.807) is 36.0 Å². The third kappa shape index (κ3) is 3.08. The molecule has 0 atom stereocenters. The second kappa shape index (κ2) is 5.63. The van der Waals surface area contributed by atoms with E-state index >= 15 is 0 Å². The van der Waals surface area contributed by atoms with Crippen molar-refractivity contribution in [3.05, 3.63) is 45.7 Å². The van der Waals surface area contributed by atoms with Gasteiger partial charge in [0, 0.05) is 18.4 Å². The number of halogens is 2. The van der Waals surface area contributed by atoms with Crippen LogP contribution in [0.25, 0.3) is 0 Å². The minimum absolute atomic E-state index is 0.212. The van der Waals surface area contributed by atoms with Crippen LogP contribution in [0.15, 0.2) is 24.4 Å². The number of aromatic nitrogens is 2. The van der Waals surface area contributed by atoms with Crippen LogP contribution < -0.4 is 5.32 Å². The average molecular weight is 298 g/mol. The first-order chi connectivity index (χ1) is 9.01. The number of hydrogen-bond acceptors (Lipinski definition) is 2.